The number of hydrogen-bond acceptors (Lipinski definition) is 6. The second-order valence-electron chi connectivity index (χ2n) is 20.6. The van der Waals surface area contributed by atoms with Crippen LogP contribution in [0.1, 0.15) is 324 Å². The maximum atomic E-state index is 12.8. The minimum atomic E-state index is -0.762. The predicted molar refractivity (Wildman–Crippen MR) is 275 cm³/mol. The molecule has 0 aliphatic rings. The SMILES string of the molecule is CCCCCCCCCCCCCCCC(=O)OC[C@@H](COC(=O)CCCCCCCCCCC(C)C)OC(=O)CCCCCCCCCCCCCCCCCCCCC(C)CC. The van der Waals surface area contributed by atoms with Gasteiger partial charge in [-0.05, 0) is 31.1 Å². The van der Waals surface area contributed by atoms with Crippen LogP contribution in [-0.4, -0.2) is 37.2 Å². The Morgan fingerprint density at radius 2 is 0.594 bits per heavy atom. The maximum absolute atomic E-state index is 12.8. The van der Waals surface area contributed by atoms with Gasteiger partial charge >= 0.3 is 17.9 Å². The summed E-state index contributed by atoms with van der Waals surface area (Å²) in [5.41, 5.74) is 0. The van der Waals surface area contributed by atoms with Crippen molar-refractivity contribution in [2.75, 3.05) is 13.2 Å². The lowest BCUT2D eigenvalue weighted by Crippen LogP contribution is -2.30. The van der Waals surface area contributed by atoms with Crippen LogP contribution in [-0.2, 0) is 28.6 Å². The fraction of sp³-hybridized carbons (Fsp3) is 0.948. The second-order valence-corrected chi connectivity index (χ2v) is 20.6. The van der Waals surface area contributed by atoms with Gasteiger partial charge in [0, 0.05) is 19.3 Å². The van der Waals surface area contributed by atoms with Gasteiger partial charge in [-0.2, -0.15) is 0 Å². The first-order valence-electron chi connectivity index (χ1n) is 28.8. The summed E-state index contributed by atoms with van der Waals surface area (Å²) in [6, 6.07) is 0. The van der Waals surface area contributed by atoms with Crippen LogP contribution in [0.15, 0.2) is 0 Å². The first-order chi connectivity index (χ1) is 31.3. The number of ether oxygens (including phenoxy) is 3. The van der Waals surface area contributed by atoms with Crippen LogP contribution in [0, 0.1) is 11.8 Å². The molecule has 6 heteroatoms. The normalized spacial score (nSPS) is 12.5. The van der Waals surface area contributed by atoms with Gasteiger partial charge in [-0.15, -0.1) is 0 Å². The van der Waals surface area contributed by atoms with E-state index >= 15 is 0 Å². The lowest BCUT2D eigenvalue weighted by Gasteiger charge is -2.18. The molecule has 64 heavy (non-hydrogen) atoms. The van der Waals surface area contributed by atoms with Gasteiger partial charge in [0.15, 0.2) is 6.10 Å². The third-order valence-electron chi connectivity index (χ3n) is 13.6. The van der Waals surface area contributed by atoms with E-state index in [1.807, 2.05) is 0 Å². The summed E-state index contributed by atoms with van der Waals surface area (Å²) in [6.07, 6.45) is 53.8. The molecule has 2 atom stereocenters. The molecule has 0 saturated heterocycles. The average Bonchev–Trinajstić information content (AvgIpc) is 3.28. The topological polar surface area (TPSA) is 78.9 Å². The molecule has 0 aromatic heterocycles. The third-order valence-corrected chi connectivity index (χ3v) is 13.6. The summed E-state index contributed by atoms with van der Waals surface area (Å²) in [5.74, 6) is 0.863. The highest BCUT2D eigenvalue weighted by Gasteiger charge is 2.19. The van der Waals surface area contributed by atoms with Gasteiger partial charge in [0.05, 0.1) is 0 Å². The smallest absolute Gasteiger partial charge is 0.306 e. The van der Waals surface area contributed by atoms with Gasteiger partial charge in [-0.3, -0.25) is 14.4 Å². The van der Waals surface area contributed by atoms with E-state index in [-0.39, 0.29) is 31.1 Å². The standard InChI is InChI=1S/C58H112O6/c1-6-8-9-10-11-12-13-20-24-27-33-38-43-48-56(59)62-51-55(52-63-57(60)49-44-39-34-30-29-31-36-41-46-53(3)4)64-58(61)50-45-40-35-28-25-22-19-17-15-14-16-18-21-23-26-32-37-42-47-54(5)7-2/h53-55H,6-52H2,1-5H3/t54?,55-/m0/s1. The number of esters is 3. The largest absolute Gasteiger partial charge is 0.462 e. The monoisotopic (exact) mass is 905 g/mol. The molecule has 0 fully saturated rings. The molecule has 0 radical (unpaired) electrons. The minimum absolute atomic E-state index is 0.0632. The van der Waals surface area contributed by atoms with E-state index in [2.05, 4.69) is 34.6 Å². The van der Waals surface area contributed by atoms with Crippen molar-refractivity contribution in [1.82, 2.24) is 0 Å². The molecule has 0 heterocycles. The quantitative estimate of drug-likeness (QED) is 0.0344. The highest BCUT2D eigenvalue weighted by atomic mass is 16.6. The number of carbonyl (C=O) groups excluding carboxylic acids is 3. The second kappa shape index (κ2) is 50.8. The van der Waals surface area contributed by atoms with E-state index in [9.17, 15) is 14.4 Å². The van der Waals surface area contributed by atoms with Crippen LogP contribution in [0.2, 0.25) is 0 Å². The Morgan fingerprint density at radius 3 is 0.891 bits per heavy atom. The molecule has 0 aliphatic carbocycles. The number of hydrogen-bond donors (Lipinski definition) is 0. The zero-order chi connectivity index (χ0) is 46.8. The lowest BCUT2D eigenvalue weighted by molar-refractivity contribution is -0.167. The van der Waals surface area contributed by atoms with E-state index in [0.29, 0.717) is 19.3 Å². The summed E-state index contributed by atoms with van der Waals surface area (Å²) >= 11 is 0. The summed E-state index contributed by atoms with van der Waals surface area (Å²) in [4.78, 5) is 38.0. The Bertz CT molecular complexity index is 980. The summed E-state index contributed by atoms with van der Waals surface area (Å²) in [5, 5.41) is 0. The maximum Gasteiger partial charge on any atom is 0.306 e. The Hall–Kier alpha value is -1.59. The molecule has 0 aliphatic heterocycles. The van der Waals surface area contributed by atoms with Crippen molar-refractivity contribution in [3.63, 3.8) is 0 Å². The van der Waals surface area contributed by atoms with Crippen molar-refractivity contribution < 1.29 is 28.6 Å². The van der Waals surface area contributed by atoms with Crippen molar-refractivity contribution in [1.29, 1.82) is 0 Å². The van der Waals surface area contributed by atoms with Crippen molar-refractivity contribution in [3.05, 3.63) is 0 Å². The van der Waals surface area contributed by atoms with Crippen molar-refractivity contribution in [2.45, 2.75) is 330 Å². The highest BCUT2D eigenvalue weighted by molar-refractivity contribution is 5.71. The Labute approximate surface area is 399 Å². The fourth-order valence-electron chi connectivity index (χ4n) is 8.84. The van der Waals surface area contributed by atoms with Gasteiger partial charge in [0.1, 0.15) is 13.2 Å². The molecule has 0 aromatic rings. The molecule has 6 nitrogen and oxygen atoms in total. The Kier molecular flexibility index (Phi) is 49.6. The highest BCUT2D eigenvalue weighted by Crippen LogP contribution is 2.18. The zero-order valence-electron chi connectivity index (χ0n) is 43.9. The van der Waals surface area contributed by atoms with E-state index in [1.54, 1.807) is 0 Å². The molecular formula is C58H112O6. The van der Waals surface area contributed by atoms with Crippen LogP contribution in [0.25, 0.3) is 0 Å². The lowest BCUT2D eigenvalue weighted by atomic mass is 9.99. The first kappa shape index (κ1) is 62.4. The number of unbranched alkanes of at least 4 members (excludes halogenated alkanes) is 36. The average molecular weight is 906 g/mol. The van der Waals surface area contributed by atoms with E-state index in [0.717, 1.165) is 69.6 Å². The summed E-state index contributed by atoms with van der Waals surface area (Å²) in [6.45, 7) is 11.4. The van der Waals surface area contributed by atoms with Crippen LogP contribution in [0.3, 0.4) is 0 Å². The van der Waals surface area contributed by atoms with Crippen LogP contribution >= 0.6 is 0 Å². The minimum Gasteiger partial charge on any atom is -0.462 e. The van der Waals surface area contributed by atoms with Gasteiger partial charge < -0.3 is 14.2 Å². The van der Waals surface area contributed by atoms with Crippen molar-refractivity contribution in [2.24, 2.45) is 11.8 Å². The Morgan fingerprint density at radius 1 is 0.328 bits per heavy atom. The summed E-state index contributed by atoms with van der Waals surface area (Å²) < 4.78 is 16.9. The van der Waals surface area contributed by atoms with Gasteiger partial charge in [-0.25, -0.2) is 0 Å². The van der Waals surface area contributed by atoms with Crippen LogP contribution in [0.5, 0.6) is 0 Å². The van der Waals surface area contributed by atoms with Crippen molar-refractivity contribution >= 4 is 17.9 Å². The van der Waals surface area contributed by atoms with Crippen LogP contribution in [0.4, 0.5) is 0 Å². The van der Waals surface area contributed by atoms with E-state index in [4.69, 9.17) is 14.2 Å². The van der Waals surface area contributed by atoms with Crippen molar-refractivity contribution in [3.8, 4) is 0 Å². The predicted octanol–water partition coefficient (Wildman–Crippen LogP) is 18.9. The molecule has 0 N–H and O–H groups in total. The van der Waals surface area contributed by atoms with Gasteiger partial charge in [0.25, 0.3) is 0 Å². The molecule has 0 aromatic carbocycles. The molecule has 0 spiro atoms. The summed E-state index contributed by atoms with van der Waals surface area (Å²) in [7, 11) is 0. The molecule has 380 valence electrons. The third kappa shape index (κ3) is 49.8. The molecule has 0 amide bonds. The van der Waals surface area contributed by atoms with E-state index in [1.165, 1.54) is 212 Å². The Balaban J connectivity index is 4.22. The molecule has 0 rings (SSSR count). The molecule has 1 unspecified atom stereocenters. The molecule has 0 saturated carbocycles. The fourth-order valence-corrected chi connectivity index (χ4v) is 8.84. The van der Waals surface area contributed by atoms with Gasteiger partial charge in [-0.1, -0.05) is 285 Å². The number of rotatable bonds is 52. The van der Waals surface area contributed by atoms with Crippen LogP contribution < -0.4 is 0 Å². The first-order valence-corrected chi connectivity index (χ1v) is 28.8. The zero-order valence-corrected chi connectivity index (χ0v) is 43.9. The molecular weight excluding hydrogens is 793 g/mol. The van der Waals surface area contributed by atoms with E-state index < -0.39 is 6.10 Å². The van der Waals surface area contributed by atoms with Gasteiger partial charge in [0.2, 0.25) is 0 Å². The molecule has 0 bridgehead atoms. The number of carbonyl (C=O) groups is 3.